The lowest BCUT2D eigenvalue weighted by molar-refractivity contribution is 0.328. The number of benzene rings is 1. The lowest BCUT2D eigenvalue weighted by Gasteiger charge is -2.42. The molecule has 98 valence electrons. The van der Waals surface area contributed by atoms with E-state index in [9.17, 15) is 0 Å². The van der Waals surface area contributed by atoms with Crippen molar-refractivity contribution in [1.82, 2.24) is 10.6 Å². The van der Waals surface area contributed by atoms with Gasteiger partial charge in [-0.3, -0.25) is 5.32 Å². The molecule has 0 saturated carbocycles. The van der Waals surface area contributed by atoms with Crippen LogP contribution in [0.3, 0.4) is 0 Å². The number of nitrogens with one attached hydrogen (secondary N) is 3. The smallest absolute Gasteiger partial charge is 0.0940 e. The van der Waals surface area contributed by atoms with Crippen molar-refractivity contribution in [2.24, 2.45) is 0 Å². The monoisotopic (exact) mass is 327 g/mol. The molecule has 2 aliphatic rings. The Balaban J connectivity index is 1.77. The molecule has 0 amide bonds. The van der Waals surface area contributed by atoms with Gasteiger partial charge >= 0.3 is 0 Å². The van der Waals surface area contributed by atoms with Gasteiger partial charge in [-0.2, -0.15) is 11.8 Å². The van der Waals surface area contributed by atoms with E-state index in [2.05, 4.69) is 67.9 Å². The summed E-state index contributed by atoms with van der Waals surface area (Å²) in [6.07, 6.45) is 2.95. The summed E-state index contributed by atoms with van der Waals surface area (Å²) in [6, 6.07) is 8.39. The molecule has 2 unspecified atom stereocenters. The van der Waals surface area contributed by atoms with Crippen molar-refractivity contribution in [2.75, 3.05) is 24.3 Å². The van der Waals surface area contributed by atoms with Crippen molar-refractivity contribution in [2.45, 2.75) is 23.8 Å². The van der Waals surface area contributed by atoms with E-state index in [1.165, 1.54) is 24.3 Å². The van der Waals surface area contributed by atoms with Gasteiger partial charge in [-0.15, -0.1) is 0 Å². The fourth-order valence-electron chi connectivity index (χ4n) is 2.75. The molecule has 2 heterocycles. The van der Waals surface area contributed by atoms with Crippen LogP contribution >= 0.6 is 27.7 Å². The molecule has 0 aromatic heterocycles. The van der Waals surface area contributed by atoms with Crippen molar-refractivity contribution in [3.63, 3.8) is 0 Å². The summed E-state index contributed by atoms with van der Waals surface area (Å²) in [5.41, 5.74) is 1.18. The number of hydrogen-bond donors (Lipinski definition) is 3. The molecule has 2 aliphatic heterocycles. The number of halogens is 1. The highest BCUT2D eigenvalue weighted by atomic mass is 79.9. The molecule has 1 spiro atoms. The zero-order valence-corrected chi connectivity index (χ0v) is 12.6. The Morgan fingerprint density at radius 3 is 3.17 bits per heavy atom. The summed E-state index contributed by atoms with van der Waals surface area (Å²) < 4.78 is 1.43. The highest BCUT2D eigenvalue weighted by molar-refractivity contribution is 9.10. The van der Waals surface area contributed by atoms with Crippen LogP contribution in [0.4, 0.5) is 5.69 Å². The molecule has 2 fully saturated rings. The summed E-state index contributed by atoms with van der Waals surface area (Å²) in [5.74, 6) is 1.28. The van der Waals surface area contributed by atoms with E-state index in [4.69, 9.17) is 0 Å². The van der Waals surface area contributed by atoms with Crippen LogP contribution in [-0.4, -0.2) is 29.9 Å². The zero-order valence-electron chi connectivity index (χ0n) is 10.2. The number of rotatable bonds is 2. The molecular weight excluding hydrogens is 310 g/mol. The Kier molecular flexibility index (Phi) is 3.84. The topological polar surface area (TPSA) is 36.1 Å². The van der Waals surface area contributed by atoms with Gasteiger partial charge in [0.25, 0.3) is 0 Å². The highest BCUT2D eigenvalue weighted by Crippen LogP contribution is 2.41. The Hall–Kier alpha value is -0.230. The molecule has 5 heteroatoms. The maximum Gasteiger partial charge on any atom is 0.0940 e. The van der Waals surface area contributed by atoms with E-state index in [1.54, 1.807) is 0 Å². The minimum absolute atomic E-state index is 0.306. The van der Waals surface area contributed by atoms with E-state index in [-0.39, 0.29) is 0 Å². The van der Waals surface area contributed by atoms with E-state index in [1.807, 2.05) is 0 Å². The van der Waals surface area contributed by atoms with Gasteiger partial charge in [0, 0.05) is 23.4 Å². The van der Waals surface area contributed by atoms with Gasteiger partial charge in [0.2, 0.25) is 0 Å². The summed E-state index contributed by atoms with van der Waals surface area (Å²) in [4.78, 5) is 0. The largest absolute Gasteiger partial charge is 0.368 e. The first-order valence-corrected chi connectivity index (χ1v) is 8.17. The van der Waals surface area contributed by atoms with Gasteiger partial charge < -0.3 is 10.6 Å². The van der Waals surface area contributed by atoms with Crippen LogP contribution in [0.5, 0.6) is 0 Å². The maximum absolute atomic E-state index is 3.65. The Labute approximate surface area is 121 Å². The van der Waals surface area contributed by atoms with E-state index in [0.717, 1.165) is 17.7 Å². The van der Waals surface area contributed by atoms with Gasteiger partial charge in [-0.25, -0.2) is 0 Å². The molecule has 3 N–H and O–H groups in total. The molecule has 0 radical (unpaired) electrons. The van der Waals surface area contributed by atoms with Crippen LogP contribution in [0.15, 0.2) is 28.7 Å². The third kappa shape index (κ3) is 2.54. The minimum Gasteiger partial charge on any atom is -0.368 e. The number of hydrogen-bond acceptors (Lipinski definition) is 4. The first-order valence-electron chi connectivity index (χ1n) is 6.39. The van der Waals surface area contributed by atoms with Gasteiger partial charge in [0.05, 0.1) is 10.9 Å². The fourth-order valence-corrected chi connectivity index (χ4v) is 4.65. The molecule has 2 saturated heterocycles. The second kappa shape index (κ2) is 5.41. The number of thioether (sulfide) groups is 1. The molecule has 3 rings (SSSR count). The summed E-state index contributed by atoms with van der Waals surface area (Å²) in [5, 5.41) is 10.7. The summed E-state index contributed by atoms with van der Waals surface area (Å²) >= 11 is 5.62. The predicted octanol–water partition coefficient (Wildman–Crippen LogP) is 2.60. The van der Waals surface area contributed by atoms with Crippen LogP contribution in [0.1, 0.15) is 12.8 Å². The lowest BCUT2D eigenvalue weighted by Crippen LogP contribution is -2.63. The van der Waals surface area contributed by atoms with Gasteiger partial charge in [0.15, 0.2) is 0 Å². The van der Waals surface area contributed by atoms with Crippen LogP contribution in [0, 0.1) is 0 Å². The van der Waals surface area contributed by atoms with Crippen molar-refractivity contribution in [3.8, 4) is 0 Å². The third-order valence-electron chi connectivity index (χ3n) is 3.65. The van der Waals surface area contributed by atoms with Crippen molar-refractivity contribution < 1.29 is 0 Å². The molecule has 0 bridgehead atoms. The fraction of sp³-hybridized carbons (Fsp3) is 0.538. The van der Waals surface area contributed by atoms with Crippen LogP contribution in [-0.2, 0) is 0 Å². The summed E-state index contributed by atoms with van der Waals surface area (Å²) in [6.45, 7) is 1.98. The second-order valence-corrected chi connectivity index (χ2v) is 7.34. The predicted molar refractivity (Wildman–Crippen MR) is 82.0 cm³/mol. The second-order valence-electron chi connectivity index (χ2n) is 4.91. The van der Waals surface area contributed by atoms with Crippen molar-refractivity contribution in [3.05, 3.63) is 28.7 Å². The van der Waals surface area contributed by atoms with Crippen LogP contribution in [0.2, 0.25) is 0 Å². The van der Waals surface area contributed by atoms with Gasteiger partial charge in [-0.05, 0) is 36.8 Å². The average molecular weight is 328 g/mol. The Morgan fingerprint density at radius 1 is 1.44 bits per heavy atom. The Morgan fingerprint density at radius 2 is 2.39 bits per heavy atom. The highest BCUT2D eigenvalue weighted by Gasteiger charge is 2.43. The van der Waals surface area contributed by atoms with E-state index in [0.29, 0.717) is 10.9 Å². The van der Waals surface area contributed by atoms with Gasteiger partial charge in [0.1, 0.15) is 0 Å². The maximum atomic E-state index is 3.65. The van der Waals surface area contributed by atoms with Crippen LogP contribution < -0.4 is 16.0 Å². The average Bonchev–Trinajstić information content (AvgIpc) is 2.82. The van der Waals surface area contributed by atoms with E-state index >= 15 is 0 Å². The molecular formula is C13H18BrN3S. The van der Waals surface area contributed by atoms with Crippen molar-refractivity contribution in [1.29, 1.82) is 0 Å². The minimum atomic E-state index is 0.306. The SMILES string of the molecule is Brc1cccc(NC2NCNCC23CCCS3)c1. The molecule has 1 aromatic rings. The molecule has 0 aliphatic carbocycles. The standard InChI is InChI=1S/C13H18BrN3S/c14-10-3-1-4-11(7-10)17-12-13(5-2-6-18-13)8-15-9-16-12/h1,3-4,7,12,15-17H,2,5-6,8-9H2. The third-order valence-corrected chi connectivity index (χ3v) is 5.80. The lowest BCUT2D eigenvalue weighted by atomic mass is 9.97. The van der Waals surface area contributed by atoms with Crippen molar-refractivity contribution >= 4 is 33.4 Å². The Bertz CT molecular complexity index is 420. The van der Waals surface area contributed by atoms with Gasteiger partial charge in [-0.1, -0.05) is 22.0 Å². The summed E-state index contributed by atoms with van der Waals surface area (Å²) in [7, 11) is 0. The molecule has 3 nitrogen and oxygen atoms in total. The van der Waals surface area contributed by atoms with Crippen LogP contribution in [0.25, 0.3) is 0 Å². The normalized spacial score (nSPS) is 31.7. The molecule has 2 atom stereocenters. The first-order chi connectivity index (χ1) is 8.78. The number of anilines is 1. The first kappa shape index (κ1) is 12.8. The van der Waals surface area contributed by atoms with E-state index < -0.39 is 0 Å². The molecule has 18 heavy (non-hydrogen) atoms. The zero-order chi connectivity index (χ0) is 12.4. The quantitative estimate of drug-likeness (QED) is 0.780. The molecule has 1 aromatic carbocycles.